The molecule has 396 valence electrons. The van der Waals surface area contributed by atoms with Crippen molar-refractivity contribution in [2.45, 2.75) is 111 Å². The van der Waals surface area contributed by atoms with Gasteiger partial charge in [0.25, 0.3) is 5.91 Å². The number of nitrogens with zero attached hydrogens (tertiary/aromatic N) is 6. The molecule has 74 heavy (non-hydrogen) atoms. The van der Waals surface area contributed by atoms with Crippen LogP contribution in [0.25, 0.3) is 17.2 Å². The Morgan fingerprint density at radius 3 is 2.26 bits per heavy atom. The molecule has 2 fully saturated rings. The number of benzene rings is 3. The second kappa shape index (κ2) is 28.4. The van der Waals surface area contributed by atoms with Gasteiger partial charge in [-0.05, 0) is 181 Å². The van der Waals surface area contributed by atoms with Crippen LogP contribution in [0.3, 0.4) is 0 Å². The van der Waals surface area contributed by atoms with Gasteiger partial charge < -0.3 is 35.2 Å². The van der Waals surface area contributed by atoms with Crippen molar-refractivity contribution in [2.75, 3.05) is 77.7 Å². The summed E-state index contributed by atoms with van der Waals surface area (Å²) in [4.78, 5) is 47.4. The van der Waals surface area contributed by atoms with Gasteiger partial charge in [-0.2, -0.15) is 5.10 Å². The van der Waals surface area contributed by atoms with E-state index in [1.54, 1.807) is 7.11 Å². The summed E-state index contributed by atoms with van der Waals surface area (Å²) in [7, 11) is 5.42. The summed E-state index contributed by atoms with van der Waals surface area (Å²) in [6.45, 7) is 22.0. The summed E-state index contributed by atoms with van der Waals surface area (Å²) in [5.41, 5.74) is 14.1. The predicted molar refractivity (Wildman–Crippen MR) is 298 cm³/mol. The van der Waals surface area contributed by atoms with E-state index in [4.69, 9.17) is 9.84 Å². The van der Waals surface area contributed by atoms with Crippen molar-refractivity contribution >= 4 is 35.9 Å². The second-order valence-electron chi connectivity index (χ2n) is 19.7. The number of amides is 1. The zero-order valence-electron chi connectivity index (χ0n) is 45.2. The number of hydrogen-bond acceptors (Lipinski definition) is 11. The number of piperidine rings is 2. The number of pyridine rings is 1. The van der Waals surface area contributed by atoms with Crippen LogP contribution in [0.15, 0.2) is 96.8 Å². The van der Waals surface area contributed by atoms with E-state index in [1.165, 1.54) is 22.8 Å². The van der Waals surface area contributed by atoms with Gasteiger partial charge in [0.2, 0.25) is 0 Å². The molecule has 1 amide bonds. The Kier molecular flexibility index (Phi) is 21.8. The number of fused-ring (bicyclic) bond motifs is 1. The number of aryl methyl sites for hydroxylation is 2. The average Bonchev–Trinajstić information content (AvgIpc) is 3.81. The number of carbonyl (C=O) groups excluding carboxylic acids is 3. The van der Waals surface area contributed by atoms with Gasteiger partial charge in [-0.1, -0.05) is 56.3 Å². The average molecular weight is 1010 g/mol. The zero-order chi connectivity index (χ0) is 53.1. The minimum atomic E-state index is -0.526. The third kappa shape index (κ3) is 15.4. The molecule has 3 aromatic carbocycles. The first-order valence-corrected chi connectivity index (χ1v) is 26.5. The molecule has 2 saturated heterocycles. The Morgan fingerprint density at radius 1 is 0.892 bits per heavy atom. The molecule has 5 aromatic rings. The molecule has 0 spiro atoms. The lowest BCUT2D eigenvalue weighted by Crippen LogP contribution is -2.38. The van der Waals surface area contributed by atoms with Crippen LogP contribution in [0, 0.1) is 19.7 Å². The molecular weight excluding hydrogens is 930 g/mol. The number of ether oxygens (including phenoxy) is 1. The van der Waals surface area contributed by atoms with Crippen LogP contribution in [0.1, 0.15) is 121 Å². The number of carbonyl (C=O) groups is 3. The van der Waals surface area contributed by atoms with Gasteiger partial charge >= 0.3 is 0 Å². The van der Waals surface area contributed by atoms with Crippen LogP contribution in [-0.2, 0) is 34.0 Å². The highest BCUT2D eigenvalue weighted by molar-refractivity contribution is 5.94. The maximum Gasteiger partial charge on any atom is 0.254 e. The third-order valence-corrected chi connectivity index (χ3v) is 14.1. The number of methoxy groups -OCH3 is 1. The molecule has 2 aromatic heterocycles. The molecule has 3 aliphatic heterocycles. The van der Waals surface area contributed by atoms with E-state index in [0.29, 0.717) is 56.4 Å². The van der Waals surface area contributed by atoms with Gasteiger partial charge in [-0.3, -0.25) is 24.3 Å². The molecule has 1 unspecified atom stereocenters. The number of rotatable bonds is 19. The second-order valence-corrected chi connectivity index (χ2v) is 19.7. The van der Waals surface area contributed by atoms with E-state index in [2.05, 4.69) is 107 Å². The summed E-state index contributed by atoms with van der Waals surface area (Å²) in [5, 5.41) is 14.1. The first-order valence-electron chi connectivity index (χ1n) is 26.5. The van der Waals surface area contributed by atoms with Gasteiger partial charge in [-0.25, -0.2) is 4.39 Å². The fourth-order valence-electron chi connectivity index (χ4n) is 10.3. The van der Waals surface area contributed by atoms with Crippen LogP contribution in [0.4, 0.5) is 15.8 Å². The monoisotopic (exact) mass is 1010 g/mol. The Morgan fingerprint density at radius 2 is 1.59 bits per heavy atom. The minimum Gasteiger partial charge on any atom is -0.379 e. The third-order valence-electron chi connectivity index (χ3n) is 14.1. The smallest absolute Gasteiger partial charge is 0.254 e. The highest BCUT2D eigenvalue weighted by Gasteiger charge is 2.28. The quantitative estimate of drug-likeness (QED) is 0.0682. The Labute approximate surface area is 439 Å². The molecule has 0 aliphatic carbocycles. The molecular formula is C60H80FN9O4. The highest BCUT2D eigenvalue weighted by atomic mass is 19.1. The molecule has 5 heterocycles. The lowest BCUT2D eigenvalue weighted by molar-refractivity contribution is -0.109. The topological polar surface area (TPSA) is 137 Å². The molecule has 3 N–H and O–H groups in total. The van der Waals surface area contributed by atoms with Crippen LogP contribution in [0.2, 0.25) is 0 Å². The number of aromatic nitrogens is 3. The minimum absolute atomic E-state index is 0.0487. The van der Waals surface area contributed by atoms with Crippen LogP contribution < -0.4 is 16.0 Å². The molecule has 3 aliphatic rings. The van der Waals surface area contributed by atoms with E-state index < -0.39 is 6.04 Å². The fourth-order valence-corrected chi connectivity index (χ4v) is 10.3. The van der Waals surface area contributed by atoms with Gasteiger partial charge in [0.15, 0.2) is 0 Å². The normalized spacial score (nSPS) is 16.0. The Bertz CT molecular complexity index is 2670. The highest BCUT2D eigenvalue weighted by Crippen LogP contribution is 2.34. The van der Waals surface area contributed by atoms with Crippen molar-refractivity contribution < 1.29 is 23.5 Å². The predicted octanol–water partition coefficient (Wildman–Crippen LogP) is 10.4. The summed E-state index contributed by atoms with van der Waals surface area (Å²) < 4.78 is 22.5. The van der Waals surface area contributed by atoms with Gasteiger partial charge in [0, 0.05) is 73.3 Å². The largest absolute Gasteiger partial charge is 0.379 e. The summed E-state index contributed by atoms with van der Waals surface area (Å²) in [6.07, 6.45) is 10.2. The van der Waals surface area contributed by atoms with E-state index in [9.17, 15) is 14.4 Å². The number of nitrogens with one attached hydrogen (secondary N) is 3. The standard InChI is InChI=1S/C56H67FN8O4.C2H7N.C2H6/c1-38(29-53-41(4)58-21-16-51(53)46-12-15-55(39(2)30-46)59-40(3)37-69-5)33-62-22-17-43(18-23-62)42-8-10-45(11-9-42)56(68)64-26-27-65-50(35-64)31-49(61-65)34-63-24-19-44(20-25-63)52-14-13-47(32-54(52)57)60-48(36-67)7-6-28-66;1-3-2;1-2/h8-16,21,28-32,36,43-44,48,59-60H,3,6-7,17-20,22-27,33-35,37H2,1-2,4-5H3;3H,1-2H3;1-2H3/b38-29+;;. The molecule has 1 atom stereocenters. The van der Waals surface area contributed by atoms with Crippen molar-refractivity contribution in [1.82, 2.24) is 34.8 Å². The number of hydrogen-bond donors (Lipinski definition) is 3. The maximum atomic E-state index is 15.2. The first-order chi connectivity index (χ1) is 35.9. The summed E-state index contributed by atoms with van der Waals surface area (Å²) in [5.74, 6) is 0.348. The molecule has 8 rings (SSSR count). The molecule has 0 bridgehead atoms. The number of aldehydes is 2. The van der Waals surface area contributed by atoms with Gasteiger partial charge in [0.1, 0.15) is 18.4 Å². The van der Waals surface area contributed by atoms with Gasteiger partial charge in [0.05, 0.1) is 37.1 Å². The number of anilines is 2. The van der Waals surface area contributed by atoms with E-state index in [0.717, 1.165) is 122 Å². The molecule has 14 heteroatoms. The SMILES string of the molecule is C=C(COC)Nc1ccc(-c2ccnc(C)c2/C=C(\C)CN2CCC(c3ccc(C(=O)N4CCn5nc(CN6CCC(c7ccc(NC(C=O)CCC=O)cc7F)CC6)cc5C4)cc3)CC2)cc1C.CC.CNC. The molecule has 0 saturated carbocycles. The summed E-state index contributed by atoms with van der Waals surface area (Å²) >= 11 is 0. The van der Waals surface area contributed by atoms with E-state index in [1.807, 2.05) is 68.0 Å². The lowest BCUT2D eigenvalue weighted by Gasteiger charge is -2.32. The van der Waals surface area contributed by atoms with Crippen LogP contribution in [-0.4, -0.2) is 121 Å². The van der Waals surface area contributed by atoms with Crippen molar-refractivity contribution in [3.05, 3.63) is 148 Å². The molecule has 13 nitrogen and oxygen atoms in total. The number of likely N-dealkylation sites (tertiary alicyclic amines) is 2. The van der Waals surface area contributed by atoms with E-state index in [-0.39, 0.29) is 24.1 Å². The van der Waals surface area contributed by atoms with Crippen molar-refractivity contribution in [1.29, 1.82) is 0 Å². The first kappa shape index (κ1) is 57.0. The summed E-state index contributed by atoms with van der Waals surface area (Å²) in [6, 6.07) is 23.6. The van der Waals surface area contributed by atoms with Crippen molar-refractivity contribution in [3.63, 3.8) is 0 Å². The van der Waals surface area contributed by atoms with Crippen LogP contribution >= 0.6 is 0 Å². The van der Waals surface area contributed by atoms with Crippen LogP contribution in [0.5, 0.6) is 0 Å². The van der Waals surface area contributed by atoms with E-state index >= 15 is 4.39 Å². The maximum absolute atomic E-state index is 15.2. The Balaban J connectivity index is 0.00000172. The Hall–Kier alpha value is -6.32. The fraction of sp³-hybridized carbons (Fsp3) is 0.450. The molecule has 0 radical (unpaired) electrons. The number of halogens is 1. The van der Waals surface area contributed by atoms with Gasteiger partial charge in [-0.15, -0.1) is 0 Å². The van der Waals surface area contributed by atoms with Crippen molar-refractivity contribution in [3.8, 4) is 11.1 Å². The zero-order valence-corrected chi connectivity index (χ0v) is 45.2. The van der Waals surface area contributed by atoms with Crippen molar-refractivity contribution in [2.24, 2.45) is 0 Å². The lowest BCUT2D eigenvalue weighted by atomic mass is 9.88.